The van der Waals surface area contributed by atoms with Crippen molar-refractivity contribution in [1.29, 1.82) is 0 Å². The molecule has 6 heteroatoms. The van der Waals surface area contributed by atoms with Crippen molar-refractivity contribution in [3.63, 3.8) is 0 Å². The van der Waals surface area contributed by atoms with E-state index < -0.39 is 0 Å². The predicted octanol–water partition coefficient (Wildman–Crippen LogP) is 3.59. The molecule has 1 aromatic heterocycles. The van der Waals surface area contributed by atoms with Crippen LogP contribution in [-0.2, 0) is 4.79 Å². The summed E-state index contributed by atoms with van der Waals surface area (Å²) in [6.45, 7) is 0. The maximum Gasteiger partial charge on any atom is 0.322 e. The van der Waals surface area contributed by atoms with Gasteiger partial charge in [-0.2, -0.15) is 0 Å². The van der Waals surface area contributed by atoms with Crippen molar-refractivity contribution in [2.45, 2.75) is 30.6 Å². The van der Waals surface area contributed by atoms with Crippen LogP contribution in [0.2, 0.25) is 0 Å². The molecule has 0 unspecified atom stereocenters. The highest BCUT2D eigenvalue weighted by Gasteiger charge is 2.24. The Labute approximate surface area is 127 Å². The van der Waals surface area contributed by atoms with Crippen molar-refractivity contribution >= 4 is 23.7 Å². The van der Waals surface area contributed by atoms with Gasteiger partial charge < -0.3 is 4.42 Å². The quantitative estimate of drug-likeness (QED) is 0.874. The number of nitrogens with one attached hydrogen (secondary N) is 1. The van der Waals surface area contributed by atoms with E-state index in [4.69, 9.17) is 4.42 Å². The third-order valence-corrected chi connectivity index (χ3v) is 4.42. The van der Waals surface area contributed by atoms with Gasteiger partial charge in [0.15, 0.2) is 0 Å². The minimum atomic E-state index is -0.0134. The molecule has 1 aromatic carbocycles. The first-order valence-electron chi connectivity index (χ1n) is 7.05. The Kier molecular flexibility index (Phi) is 4.24. The van der Waals surface area contributed by atoms with Crippen molar-refractivity contribution in [3.05, 3.63) is 24.3 Å². The van der Waals surface area contributed by atoms with Crippen molar-refractivity contribution in [2.24, 2.45) is 5.92 Å². The van der Waals surface area contributed by atoms with Crippen LogP contribution >= 0.6 is 11.8 Å². The van der Waals surface area contributed by atoms with Gasteiger partial charge in [-0.15, -0.1) is 16.9 Å². The van der Waals surface area contributed by atoms with Gasteiger partial charge in [-0.1, -0.05) is 24.0 Å². The van der Waals surface area contributed by atoms with E-state index >= 15 is 0 Å². The molecular formula is C15H17N3O2S. The number of aromatic nitrogens is 2. The summed E-state index contributed by atoms with van der Waals surface area (Å²) in [5.41, 5.74) is 0.857. The molecule has 0 bridgehead atoms. The third kappa shape index (κ3) is 3.26. The Hall–Kier alpha value is -1.82. The normalized spacial score (nSPS) is 15.3. The number of carbonyl (C=O) groups is 1. The van der Waals surface area contributed by atoms with Gasteiger partial charge in [-0.05, 0) is 37.3 Å². The molecule has 1 fully saturated rings. The molecule has 1 saturated carbocycles. The Bertz CT molecular complexity index is 635. The van der Waals surface area contributed by atoms with Crippen LogP contribution in [0.1, 0.15) is 25.7 Å². The second-order valence-corrected chi connectivity index (χ2v) is 5.99. The first kappa shape index (κ1) is 14.1. The zero-order chi connectivity index (χ0) is 14.7. The predicted molar refractivity (Wildman–Crippen MR) is 82.1 cm³/mol. The molecule has 1 aliphatic rings. The number of rotatable bonds is 4. The van der Waals surface area contributed by atoms with E-state index in [1.807, 2.05) is 30.5 Å². The Balaban J connectivity index is 1.72. The van der Waals surface area contributed by atoms with E-state index in [0.717, 1.165) is 36.1 Å². The lowest BCUT2D eigenvalue weighted by atomic mass is 10.1. The number of hydrogen-bond donors (Lipinski definition) is 1. The molecule has 1 amide bonds. The molecule has 0 radical (unpaired) electrons. The fraction of sp³-hybridized carbons (Fsp3) is 0.400. The van der Waals surface area contributed by atoms with Gasteiger partial charge in [0.05, 0.1) is 0 Å². The Morgan fingerprint density at radius 1 is 1.33 bits per heavy atom. The monoisotopic (exact) mass is 303 g/mol. The van der Waals surface area contributed by atoms with Crippen LogP contribution in [-0.4, -0.2) is 22.4 Å². The average Bonchev–Trinajstić information content (AvgIpc) is 3.18. The minimum Gasteiger partial charge on any atom is -0.403 e. The number of nitrogens with zero attached hydrogens (tertiary/aromatic N) is 2. The molecule has 1 N–H and O–H groups in total. The number of amides is 1. The summed E-state index contributed by atoms with van der Waals surface area (Å²) >= 11 is 1.65. The average molecular weight is 303 g/mol. The molecule has 3 rings (SSSR count). The van der Waals surface area contributed by atoms with E-state index in [-0.39, 0.29) is 17.8 Å². The maximum atomic E-state index is 12.0. The van der Waals surface area contributed by atoms with E-state index in [2.05, 4.69) is 15.5 Å². The minimum absolute atomic E-state index is 0.0134. The Morgan fingerprint density at radius 2 is 2.14 bits per heavy atom. The zero-order valence-electron chi connectivity index (χ0n) is 11.8. The lowest BCUT2D eigenvalue weighted by molar-refractivity contribution is -0.119. The number of hydrogen-bond acceptors (Lipinski definition) is 5. The molecule has 2 aromatic rings. The van der Waals surface area contributed by atoms with Gasteiger partial charge in [0.2, 0.25) is 11.8 Å². The molecular weight excluding hydrogens is 286 g/mol. The summed E-state index contributed by atoms with van der Waals surface area (Å²) in [5.74, 6) is 0.494. The van der Waals surface area contributed by atoms with E-state index in [1.165, 1.54) is 0 Å². The van der Waals surface area contributed by atoms with Crippen molar-refractivity contribution < 1.29 is 9.21 Å². The molecule has 5 nitrogen and oxygen atoms in total. The van der Waals surface area contributed by atoms with Crippen molar-refractivity contribution in [1.82, 2.24) is 10.2 Å². The summed E-state index contributed by atoms with van der Waals surface area (Å²) in [4.78, 5) is 13.1. The summed E-state index contributed by atoms with van der Waals surface area (Å²) in [6, 6.07) is 8.04. The van der Waals surface area contributed by atoms with Crippen LogP contribution in [0.4, 0.5) is 6.01 Å². The smallest absolute Gasteiger partial charge is 0.322 e. The number of anilines is 1. The lowest BCUT2D eigenvalue weighted by Gasteiger charge is -2.06. The van der Waals surface area contributed by atoms with Gasteiger partial charge in [0.25, 0.3) is 0 Å². The highest BCUT2D eigenvalue weighted by atomic mass is 32.2. The van der Waals surface area contributed by atoms with E-state index in [0.29, 0.717) is 5.89 Å². The fourth-order valence-electron chi connectivity index (χ4n) is 2.54. The molecule has 0 saturated heterocycles. The second kappa shape index (κ2) is 6.30. The van der Waals surface area contributed by atoms with Crippen LogP contribution in [0.25, 0.3) is 11.5 Å². The molecule has 0 aliphatic heterocycles. The lowest BCUT2D eigenvalue weighted by Crippen LogP contribution is -2.20. The molecule has 0 atom stereocenters. The highest BCUT2D eigenvalue weighted by molar-refractivity contribution is 7.98. The van der Waals surface area contributed by atoms with Gasteiger partial charge >= 0.3 is 6.01 Å². The summed E-state index contributed by atoms with van der Waals surface area (Å²) in [7, 11) is 0. The van der Waals surface area contributed by atoms with Crippen molar-refractivity contribution in [2.75, 3.05) is 11.6 Å². The van der Waals surface area contributed by atoms with Gasteiger partial charge in [-0.25, -0.2) is 0 Å². The van der Waals surface area contributed by atoms with Crippen molar-refractivity contribution in [3.8, 4) is 11.5 Å². The van der Waals surface area contributed by atoms with Gasteiger partial charge in [-0.3, -0.25) is 10.1 Å². The summed E-state index contributed by atoms with van der Waals surface area (Å²) < 4.78 is 5.54. The fourth-order valence-corrected chi connectivity index (χ4v) is 3.00. The largest absolute Gasteiger partial charge is 0.403 e. The Morgan fingerprint density at radius 3 is 2.90 bits per heavy atom. The first-order valence-corrected chi connectivity index (χ1v) is 8.27. The number of benzene rings is 1. The summed E-state index contributed by atoms with van der Waals surface area (Å²) in [5, 5.41) is 10.6. The van der Waals surface area contributed by atoms with E-state index in [1.54, 1.807) is 11.8 Å². The number of thioether (sulfide) groups is 1. The van der Waals surface area contributed by atoms with Crippen LogP contribution in [0.5, 0.6) is 0 Å². The summed E-state index contributed by atoms with van der Waals surface area (Å²) in [6.07, 6.45) is 6.15. The van der Waals surface area contributed by atoms with Crippen LogP contribution < -0.4 is 5.32 Å². The van der Waals surface area contributed by atoms with Crippen LogP contribution in [0.3, 0.4) is 0 Å². The highest BCUT2D eigenvalue weighted by Crippen LogP contribution is 2.27. The van der Waals surface area contributed by atoms with Crippen LogP contribution in [0, 0.1) is 5.92 Å². The molecule has 1 heterocycles. The number of carbonyl (C=O) groups excluding carboxylic acids is 1. The SMILES string of the molecule is CSc1cccc(-c2nnc(NC(=O)C3CCCC3)o2)c1. The topological polar surface area (TPSA) is 68.0 Å². The van der Waals surface area contributed by atoms with Crippen LogP contribution in [0.15, 0.2) is 33.6 Å². The molecule has 110 valence electrons. The molecule has 21 heavy (non-hydrogen) atoms. The van der Waals surface area contributed by atoms with Gasteiger partial charge in [0, 0.05) is 16.4 Å². The van der Waals surface area contributed by atoms with Gasteiger partial charge in [0.1, 0.15) is 0 Å². The standard InChI is InChI=1S/C15H17N3O2S/c1-21-12-8-4-7-11(9-12)14-17-18-15(20-14)16-13(19)10-5-2-3-6-10/h4,7-10H,2-3,5-6H2,1H3,(H,16,18,19). The zero-order valence-corrected chi connectivity index (χ0v) is 12.7. The third-order valence-electron chi connectivity index (χ3n) is 3.70. The van der Waals surface area contributed by atoms with E-state index in [9.17, 15) is 4.79 Å². The maximum absolute atomic E-state index is 12.0. The molecule has 1 aliphatic carbocycles. The first-order chi connectivity index (χ1) is 10.3. The molecule has 0 spiro atoms. The second-order valence-electron chi connectivity index (χ2n) is 5.11.